The fraction of sp³-hybridized carbons (Fsp3) is 0.182. The van der Waals surface area contributed by atoms with Gasteiger partial charge in [0.15, 0.2) is 0 Å². The Labute approximate surface area is 91.3 Å². The standard InChI is InChI=1S/C11H10IN/c1-2-8-9-4-3-7-13-11(9)6-5-10(8)12/h3-7H,2H2,1H3. The van der Waals surface area contributed by atoms with E-state index in [4.69, 9.17) is 0 Å². The highest BCUT2D eigenvalue weighted by atomic mass is 127. The van der Waals surface area contributed by atoms with Gasteiger partial charge in [-0.15, -0.1) is 0 Å². The first kappa shape index (κ1) is 8.94. The van der Waals surface area contributed by atoms with Gasteiger partial charge in [-0.25, -0.2) is 0 Å². The van der Waals surface area contributed by atoms with Gasteiger partial charge < -0.3 is 0 Å². The number of hydrogen-bond donors (Lipinski definition) is 0. The Morgan fingerprint density at radius 1 is 1.31 bits per heavy atom. The van der Waals surface area contributed by atoms with Crippen molar-refractivity contribution in [2.45, 2.75) is 13.3 Å². The summed E-state index contributed by atoms with van der Waals surface area (Å²) in [7, 11) is 0. The maximum atomic E-state index is 4.33. The molecule has 1 heterocycles. The van der Waals surface area contributed by atoms with Gasteiger partial charge in [-0.3, -0.25) is 4.98 Å². The predicted octanol–water partition coefficient (Wildman–Crippen LogP) is 3.40. The zero-order chi connectivity index (χ0) is 9.26. The Bertz CT molecular complexity index is 437. The van der Waals surface area contributed by atoms with Crippen molar-refractivity contribution < 1.29 is 0 Å². The molecule has 0 bridgehead atoms. The summed E-state index contributed by atoms with van der Waals surface area (Å²) in [6.07, 6.45) is 2.91. The number of benzene rings is 1. The number of aryl methyl sites for hydroxylation is 1. The molecule has 0 saturated heterocycles. The number of hydrogen-bond acceptors (Lipinski definition) is 1. The first-order valence-corrected chi connectivity index (χ1v) is 5.43. The molecule has 66 valence electrons. The highest BCUT2D eigenvalue weighted by Gasteiger charge is 2.02. The molecule has 1 nitrogen and oxygen atoms in total. The molecular formula is C11H10IN. The monoisotopic (exact) mass is 283 g/mol. The summed E-state index contributed by atoms with van der Waals surface area (Å²) in [5, 5.41) is 1.29. The maximum absolute atomic E-state index is 4.33. The van der Waals surface area contributed by atoms with E-state index in [1.165, 1.54) is 14.5 Å². The van der Waals surface area contributed by atoms with E-state index in [2.05, 4.69) is 52.7 Å². The second-order valence-electron chi connectivity index (χ2n) is 2.95. The molecule has 0 aliphatic heterocycles. The Kier molecular flexibility index (Phi) is 2.49. The number of fused-ring (bicyclic) bond motifs is 1. The smallest absolute Gasteiger partial charge is 0.0705 e. The predicted molar refractivity (Wildman–Crippen MR) is 63.8 cm³/mol. The van der Waals surface area contributed by atoms with E-state index in [1.807, 2.05) is 12.3 Å². The van der Waals surface area contributed by atoms with Crippen molar-refractivity contribution >= 4 is 33.5 Å². The van der Waals surface area contributed by atoms with Crippen LogP contribution in [-0.4, -0.2) is 4.98 Å². The van der Waals surface area contributed by atoms with Crippen molar-refractivity contribution in [1.82, 2.24) is 4.98 Å². The van der Waals surface area contributed by atoms with Crippen molar-refractivity contribution in [2.75, 3.05) is 0 Å². The second-order valence-corrected chi connectivity index (χ2v) is 4.11. The summed E-state index contributed by atoms with van der Waals surface area (Å²) in [5.74, 6) is 0. The minimum atomic E-state index is 1.07. The van der Waals surface area contributed by atoms with Crippen molar-refractivity contribution in [2.24, 2.45) is 0 Å². The molecule has 2 heteroatoms. The SMILES string of the molecule is CCc1c(I)ccc2ncccc12. The van der Waals surface area contributed by atoms with Gasteiger partial charge in [0.1, 0.15) is 0 Å². The van der Waals surface area contributed by atoms with Gasteiger partial charge in [-0.05, 0) is 52.8 Å². The Balaban J connectivity index is 2.84. The van der Waals surface area contributed by atoms with Crippen molar-refractivity contribution in [3.05, 3.63) is 39.6 Å². The minimum absolute atomic E-state index is 1.07. The largest absolute Gasteiger partial charge is 0.256 e. The van der Waals surface area contributed by atoms with E-state index >= 15 is 0 Å². The molecule has 2 rings (SSSR count). The average molecular weight is 283 g/mol. The molecule has 0 N–H and O–H groups in total. The molecular weight excluding hydrogens is 273 g/mol. The van der Waals surface area contributed by atoms with Crippen LogP contribution in [0.25, 0.3) is 10.9 Å². The third-order valence-corrected chi connectivity index (χ3v) is 3.20. The van der Waals surface area contributed by atoms with E-state index in [-0.39, 0.29) is 0 Å². The number of halogens is 1. The Morgan fingerprint density at radius 3 is 2.92 bits per heavy atom. The van der Waals surface area contributed by atoms with Gasteiger partial charge in [0.2, 0.25) is 0 Å². The summed E-state index contributed by atoms with van der Waals surface area (Å²) >= 11 is 2.38. The van der Waals surface area contributed by atoms with Crippen LogP contribution < -0.4 is 0 Å². The van der Waals surface area contributed by atoms with Crippen molar-refractivity contribution in [3.8, 4) is 0 Å². The molecule has 0 amide bonds. The maximum Gasteiger partial charge on any atom is 0.0705 e. The lowest BCUT2D eigenvalue weighted by molar-refractivity contribution is 1.14. The lowest BCUT2D eigenvalue weighted by atomic mass is 10.1. The van der Waals surface area contributed by atoms with E-state index in [0.717, 1.165) is 11.9 Å². The lowest BCUT2D eigenvalue weighted by Gasteiger charge is -2.05. The number of pyridine rings is 1. The summed E-state index contributed by atoms with van der Waals surface area (Å²) in [6.45, 7) is 2.18. The number of nitrogens with zero attached hydrogens (tertiary/aromatic N) is 1. The lowest BCUT2D eigenvalue weighted by Crippen LogP contribution is -1.89. The van der Waals surface area contributed by atoms with Gasteiger partial charge >= 0.3 is 0 Å². The van der Waals surface area contributed by atoms with Crippen molar-refractivity contribution in [1.29, 1.82) is 0 Å². The number of rotatable bonds is 1. The van der Waals surface area contributed by atoms with Crippen LogP contribution in [0.5, 0.6) is 0 Å². The van der Waals surface area contributed by atoms with Crippen LogP contribution in [0.1, 0.15) is 12.5 Å². The topological polar surface area (TPSA) is 12.9 Å². The van der Waals surface area contributed by atoms with E-state index in [9.17, 15) is 0 Å². The van der Waals surface area contributed by atoms with Crippen LogP contribution in [0.3, 0.4) is 0 Å². The van der Waals surface area contributed by atoms with E-state index < -0.39 is 0 Å². The first-order chi connectivity index (χ1) is 6.33. The third kappa shape index (κ3) is 1.55. The molecule has 1 aromatic carbocycles. The molecule has 0 unspecified atom stereocenters. The zero-order valence-electron chi connectivity index (χ0n) is 7.42. The van der Waals surface area contributed by atoms with Gasteiger partial charge in [0.25, 0.3) is 0 Å². The fourth-order valence-electron chi connectivity index (χ4n) is 1.55. The highest BCUT2D eigenvalue weighted by Crippen LogP contribution is 2.22. The summed E-state index contributed by atoms with van der Waals surface area (Å²) in [6, 6.07) is 8.35. The van der Waals surface area contributed by atoms with Crippen LogP contribution in [0.4, 0.5) is 0 Å². The first-order valence-electron chi connectivity index (χ1n) is 4.35. The summed E-state index contributed by atoms with van der Waals surface area (Å²) < 4.78 is 1.33. The molecule has 0 atom stereocenters. The average Bonchev–Trinajstić information content (AvgIpc) is 2.18. The zero-order valence-corrected chi connectivity index (χ0v) is 9.58. The number of aromatic nitrogens is 1. The molecule has 0 radical (unpaired) electrons. The van der Waals surface area contributed by atoms with E-state index in [0.29, 0.717) is 0 Å². The Hall–Kier alpha value is -0.640. The van der Waals surface area contributed by atoms with Crippen LogP contribution in [0, 0.1) is 3.57 Å². The summed E-state index contributed by atoms with van der Waals surface area (Å²) in [5.41, 5.74) is 2.51. The molecule has 1 aromatic heterocycles. The quantitative estimate of drug-likeness (QED) is 0.731. The van der Waals surface area contributed by atoms with E-state index in [1.54, 1.807) is 0 Å². The van der Waals surface area contributed by atoms with Crippen LogP contribution in [0.15, 0.2) is 30.5 Å². The van der Waals surface area contributed by atoms with Gasteiger partial charge in [0, 0.05) is 15.2 Å². The van der Waals surface area contributed by atoms with Crippen molar-refractivity contribution in [3.63, 3.8) is 0 Å². The van der Waals surface area contributed by atoms with Crippen LogP contribution >= 0.6 is 22.6 Å². The van der Waals surface area contributed by atoms with Gasteiger partial charge in [0.05, 0.1) is 5.52 Å². The molecule has 0 aliphatic rings. The fourth-order valence-corrected chi connectivity index (χ4v) is 2.40. The minimum Gasteiger partial charge on any atom is -0.256 e. The molecule has 2 aromatic rings. The third-order valence-electron chi connectivity index (χ3n) is 2.19. The normalized spacial score (nSPS) is 10.6. The van der Waals surface area contributed by atoms with Gasteiger partial charge in [-0.2, -0.15) is 0 Å². The Morgan fingerprint density at radius 2 is 2.15 bits per heavy atom. The highest BCUT2D eigenvalue weighted by molar-refractivity contribution is 14.1. The molecule has 0 spiro atoms. The summed E-state index contributed by atoms with van der Waals surface area (Å²) in [4.78, 5) is 4.33. The van der Waals surface area contributed by atoms with Gasteiger partial charge in [-0.1, -0.05) is 13.0 Å². The molecule has 0 fully saturated rings. The second kappa shape index (κ2) is 3.62. The van der Waals surface area contributed by atoms with Crippen LogP contribution in [0.2, 0.25) is 0 Å². The molecule has 0 aliphatic carbocycles. The molecule has 0 saturated carbocycles. The van der Waals surface area contributed by atoms with Crippen LogP contribution in [-0.2, 0) is 6.42 Å². The molecule has 13 heavy (non-hydrogen) atoms.